The lowest BCUT2D eigenvalue weighted by Crippen LogP contribution is -2.29. The van der Waals surface area contributed by atoms with Gasteiger partial charge < -0.3 is 5.32 Å². The van der Waals surface area contributed by atoms with Crippen molar-refractivity contribution in [3.05, 3.63) is 64.4 Å². The summed E-state index contributed by atoms with van der Waals surface area (Å²) < 4.78 is 36.8. The van der Waals surface area contributed by atoms with Crippen LogP contribution in [0.2, 0.25) is 5.02 Å². The summed E-state index contributed by atoms with van der Waals surface area (Å²) in [5.41, 5.74) is 1.34. The molecule has 0 aliphatic carbocycles. The van der Waals surface area contributed by atoms with Gasteiger partial charge in [-0.3, -0.25) is 4.79 Å². The predicted octanol–water partition coefficient (Wildman–Crippen LogP) is 4.38. The number of carbonyl (C=O) groups is 1. The van der Waals surface area contributed by atoms with E-state index in [9.17, 15) is 17.6 Å². The highest BCUT2D eigenvalue weighted by atomic mass is 35.5. The van der Waals surface area contributed by atoms with Crippen LogP contribution in [-0.4, -0.2) is 26.3 Å². The van der Waals surface area contributed by atoms with Gasteiger partial charge in [0.1, 0.15) is 5.82 Å². The van der Waals surface area contributed by atoms with Crippen LogP contribution in [0.25, 0.3) is 0 Å². The molecule has 0 spiro atoms. The fourth-order valence-corrected chi connectivity index (χ4v) is 4.11. The van der Waals surface area contributed by atoms with Gasteiger partial charge in [0, 0.05) is 17.0 Å². The minimum atomic E-state index is -3.25. The number of hydrogen-bond acceptors (Lipinski definition) is 4. The molecule has 0 aliphatic heterocycles. The highest BCUT2D eigenvalue weighted by molar-refractivity contribution is 7.99. The van der Waals surface area contributed by atoms with Crippen LogP contribution in [0.1, 0.15) is 30.5 Å². The molecule has 0 radical (unpaired) electrons. The number of hydrogen-bond donors (Lipinski definition) is 1. The molecule has 0 bridgehead atoms. The van der Waals surface area contributed by atoms with Gasteiger partial charge in [-0.05, 0) is 41.8 Å². The summed E-state index contributed by atoms with van der Waals surface area (Å²) in [6, 6.07) is 10.8. The zero-order chi connectivity index (χ0) is 20.0. The number of benzene rings is 2. The third-order valence-electron chi connectivity index (χ3n) is 3.96. The zero-order valence-electron chi connectivity index (χ0n) is 15.0. The summed E-state index contributed by atoms with van der Waals surface area (Å²) in [4.78, 5) is 12.4. The SMILES string of the molecule is CC[C@@H](NC(=O)CSCc1ccc(Cl)cc1F)c1ccc(S(C)(=O)=O)cc1. The highest BCUT2D eigenvalue weighted by Gasteiger charge is 2.14. The first-order chi connectivity index (χ1) is 12.7. The normalized spacial score (nSPS) is 12.6. The van der Waals surface area contributed by atoms with Crippen LogP contribution < -0.4 is 5.32 Å². The van der Waals surface area contributed by atoms with E-state index in [0.29, 0.717) is 22.8 Å². The van der Waals surface area contributed by atoms with E-state index in [2.05, 4.69) is 5.32 Å². The summed E-state index contributed by atoms with van der Waals surface area (Å²) >= 11 is 7.04. The summed E-state index contributed by atoms with van der Waals surface area (Å²) in [6.07, 6.45) is 1.82. The zero-order valence-corrected chi connectivity index (χ0v) is 17.4. The van der Waals surface area contributed by atoms with Crippen molar-refractivity contribution < 1.29 is 17.6 Å². The van der Waals surface area contributed by atoms with Crippen molar-refractivity contribution in [1.29, 1.82) is 0 Å². The minimum absolute atomic E-state index is 0.159. The maximum Gasteiger partial charge on any atom is 0.230 e. The van der Waals surface area contributed by atoms with Gasteiger partial charge in [0.15, 0.2) is 9.84 Å². The average molecular weight is 430 g/mol. The number of rotatable bonds is 8. The van der Waals surface area contributed by atoms with Crippen molar-refractivity contribution in [2.24, 2.45) is 0 Å². The van der Waals surface area contributed by atoms with E-state index < -0.39 is 9.84 Å². The molecule has 0 saturated heterocycles. The fraction of sp³-hybridized carbons (Fsp3) is 0.316. The van der Waals surface area contributed by atoms with E-state index in [4.69, 9.17) is 11.6 Å². The molecule has 8 heteroatoms. The molecule has 0 aromatic heterocycles. The molecular weight excluding hydrogens is 409 g/mol. The Balaban J connectivity index is 1.91. The number of carbonyl (C=O) groups excluding carboxylic acids is 1. The molecule has 1 amide bonds. The van der Waals surface area contributed by atoms with Crippen molar-refractivity contribution in [1.82, 2.24) is 5.32 Å². The molecule has 2 aromatic rings. The Morgan fingerprint density at radius 1 is 1.22 bits per heavy atom. The van der Waals surface area contributed by atoms with Crippen molar-refractivity contribution in [3.8, 4) is 0 Å². The van der Waals surface area contributed by atoms with Crippen LogP contribution in [0, 0.1) is 5.82 Å². The Morgan fingerprint density at radius 3 is 2.44 bits per heavy atom. The monoisotopic (exact) mass is 429 g/mol. The molecule has 27 heavy (non-hydrogen) atoms. The summed E-state index contributed by atoms with van der Waals surface area (Å²) in [5, 5.41) is 3.27. The Hall–Kier alpha value is -1.57. The first-order valence-corrected chi connectivity index (χ1v) is 11.7. The van der Waals surface area contributed by atoms with Crippen LogP contribution in [0.3, 0.4) is 0 Å². The van der Waals surface area contributed by atoms with Gasteiger partial charge >= 0.3 is 0 Å². The lowest BCUT2D eigenvalue weighted by Gasteiger charge is -2.18. The van der Waals surface area contributed by atoms with Gasteiger partial charge in [-0.2, -0.15) is 0 Å². The molecule has 2 aromatic carbocycles. The van der Waals surface area contributed by atoms with Gasteiger partial charge in [-0.25, -0.2) is 12.8 Å². The van der Waals surface area contributed by atoms with Crippen LogP contribution >= 0.6 is 23.4 Å². The van der Waals surface area contributed by atoms with E-state index in [0.717, 1.165) is 11.8 Å². The van der Waals surface area contributed by atoms with Crippen molar-refractivity contribution in [2.75, 3.05) is 12.0 Å². The minimum Gasteiger partial charge on any atom is -0.349 e. The molecule has 146 valence electrons. The Bertz CT molecular complexity index is 902. The molecule has 0 fully saturated rings. The van der Waals surface area contributed by atoms with Crippen molar-refractivity contribution in [3.63, 3.8) is 0 Å². The number of thioether (sulfide) groups is 1. The van der Waals surface area contributed by atoms with Gasteiger partial charge in [0.25, 0.3) is 0 Å². The van der Waals surface area contributed by atoms with Crippen LogP contribution in [-0.2, 0) is 20.4 Å². The topological polar surface area (TPSA) is 63.2 Å². The third kappa shape index (κ3) is 6.52. The maximum atomic E-state index is 13.7. The first kappa shape index (κ1) is 21.7. The second kappa shape index (κ2) is 9.57. The van der Waals surface area contributed by atoms with E-state index in [1.54, 1.807) is 24.3 Å². The maximum absolute atomic E-state index is 13.7. The third-order valence-corrected chi connectivity index (χ3v) is 6.30. The van der Waals surface area contributed by atoms with E-state index in [1.807, 2.05) is 6.92 Å². The lowest BCUT2D eigenvalue weighted by molar-refractivity contribution is -0.119. The van der Waals surface area contributed by atoms with E-state index in [-0.39, 0.29) is 28.4 Å². The molecule has 4 nitrogen and oxygen atoms in total. The summed E-state index contributed by atoms with van der Waals surface area (Å²) in [5.74, 6) is 0.0252. The average Bonchev–Trinajstić information content (AvgIpc) is 2.61. The van der Waals surface area contributed by atoms with E-state index in [1.165, 1.54) is 30.0 Å². The fourth-order valence-electron chi connectivity index (χ4n) is 2.50. The molecule has 0 unspecified atom stereocenters. The molecule has 0 heterocycles. The first-order valence-electron chi connectivity index (χ1n) is 8.31. The second-order valence-corrected chi connectivity index (χ2v) is 9.54. The van der Waals surface area contributed by atoms with Crippen LogP contribution in [0.5, 0.6) is 0 Å². The standard InChI is InChI=1S/C19H21ClFNO3S2/c1-3-18(13-5-8-16(9-6-13)27(2,24)25)22-19(23)12-26-11-14-4-7-15(20)10-17(14)21/h4-10,18H,3,11-12H2,1-2H3,(H,22,23)/t18-/m1/s1. The Labute approximate surface area is 168 Å². The number of amides is 1. The predicted molar refractivity (Wildman–Crippen MR) is 108 cm³/mol. The highest BCUT2D eigenvalue weighted by Crippen LogP contribution is 2.21. The van der Waals surface area contributed by atoms with Crippen LogP contribution in [0.15, 0.2) is 47.4 Å². The summed E-state index contributed by atoms with van der Waals surface area (Å²) in [7, 11) is -3.25. The lowest BCUT2D eigenvalue weighted by atomic mass is 10.0. The van der Waals surface area contributed by atoms with E-state index >= 15 is 0 Å². The van der Waals surface area contributed by atoms with Gasteiger partial charge in [0.2, 0.25) is 5.91 Å². The smallest absolute Gasteiger partial charge is 0.230 e. The molecule has 0 aliphatic rings. The number of sulfone groups is 1. The van der Waals surface area contributed by atoms with Crippen LogP contribution in [0.4, 0.5) is 4.39 Å². The van der Waals surface area contributed by atoms with Gasteiger partial charge in [0.05, 0.1) is 16.7 Å². The van der Waals surface area contributed by atoms with Gasteiger partial charge in [-0.1, -0.05) is 36.7 Å². The molecule has 2 rings (SSSR count). The van der Waals surface area contributed by atoms with Crippen molar-refractivity contribution >= 4 is 39.1 Å². The largest absolute Gasteiger partial charge is 0.349 e. The number of halogens is 2. The molecule has 1 atom stereocenters. The second-order valence-electron chi connectivity index (χ2n) is 6.10. The molecule has 0 saturated carbocycles. The molecule has 1 N–H and O–H groups in total. The summed E-state index contributed by atoms with van der Waals surface area (Å²) in [6.45, 7) is 1.94. The quantitative estimate of drug-likeness (QED) is 0.676. The van der Waals surface area contributed by atoms with Gasteiger partial charge in [-0.15, -0.1) is 11.8 Å². The number of nitrogens with one attached hydrogen (secondary N) is 1. The Kier molecular flexibility index (Phi) is 7.70. The Morgan fingerprint density at radius 2 is 1.89 bits per heavy atom. The molecular formula is C19H21ClFNO3S2. The van der Waals surface area contributed by atoms with Crippen molar-refractivity contribution in [2.45, 2.75) is 30.0 Å².